The zero-order valence-electron chi connectivity index (χ0n) is 36.2. The van der Waals surface area contributed by atoms with Gasteiger partial charge in [-0.1, -0.05) is 73.8 Å². The maximum absolute atomic E-state index is 14.3. The zero-order chi connectivity index (χ0) is 42.8. The average Bonchev–Trinajstić information content (AvgIpc) is 3.42. The molecular weight excluding hydrogens is 716 g/mol. The molecule has 2 rings (SSSR count). The van der Waals surface area contributed by atoms with Gasteiger partial charge in [-0.2, -0.15) is 0 Å². The molecule has 1 unspecified atom stereocenters. The summed E-state index contributed by atoms with van der Waals surface area (Å²) >= 11 is 0. The lowest BCUT2D eigenvalue weighted by Crippen LogP contribution is -2.61. The normalized spacial score (nSPS) is 18.0. The van der Waals surface area contributed by atoms with Gasteiger partial charge in [0.25, 0.3) is 11.8 Å². The molecule has 0 saturated heterocycles. The van der Waals surface area contributed by atoms with Crippen LogP contribution in [0.15, 0.2) is 23.8 Å². The first-order chi connectivity index (χ1) is 25.8. The van der Waals surface area contributed by atoms with Crippen molar-refractivity contribution in [1.29, 1.82) is 0 Å². The highest BCUT2D eigenvalue weighted by Gasteiger charge is 2.44. The molecule has 4 N–H and O–H groups in total. The van der Waals surface area contributed by atoms with Gasteiger partial charge in [-0.05, 0) is 76.7 Å². The number of hydrogen-bond acceptors (Lipinski definition) is 9. The maximum atomic E-state index is 14.3. The predicted octanol–water partition coefficient (Wildman–Crippen LogP) is 3.79. The number of amides is 6. The number of likely N-dealkylation sites (N-methyl/N-ethyl adjacent to an activating group) is 2. The molecule has 316 valence electrons. The van der Waals surface area contributed by atoms with Crippen molar-refractivity contribution in [2.24, 2.45) is 22.7 Å². The third-order valence-corrected chi connectivity index (χ3v) is 10.8. The van der Waals surface area contributed by atoms with Crippen LogP contribution in [0, 0.1) is 22.7 Å². The second-order valence-corrected chi connectivity index (χ2v) is 18.3. The highest BCUT2D eigenvalue weighted by molar-refractivity contribution is 6.12. The number of rotatable bonds is 18. The molecule has 6 amide bonds. The van der Waals surface area contributed by atoms with Gasteiger partial charge in [-0.3, -0.25) is 33.7 Å². The summed E-state index contributed by atoms with van der Waals surface area (Å²) < 4.78 is 5.56. The Morgan fingerprint density at radius 3 is 1.98 bits per heavy atom. The molecule has 1 heterocycles. The quantitative estimate of drug-likeness (QED) is 0.0913. The van der Waals surface area contributed by atoms with Crippen molar-refractivity contribution in [2.75, 3.05) is 27.2 Å². The number of carbonyl (C=O) groups is 7. The van der Waals surface area contributed by atoms with E-state index >= 15 is 0 Å². The molecule has 0 bridgehead atoms. The molecule has 0 aromatic carbocycles. The number of nitrogens with one attached hydrogen (secondary N) is 4. The van der Waals surface area contributed by atoms with Gasteiger partial charge < -0.3 is 30.9 Å². The van der Waals surface area contributed by atoms with E-state index in [0.717, 1.165) is 42.7 Å². The van der Waals surface area contributed by atoms with Crippen LogP contribution in [0.4, 0.5) is 0 Å². The smallest absolute Gasteiger partial charge is 0.329 e. The molecule has 1 aliphatic heterocycles. The number of ether oxygens (including phenoxy) is 1. The number of imide groups is 1. The molecule has 2 aliphatic rings. The van der Waals surface area contributed by atoms with Gasteiger partial charge in [0.1, 0.15) is 17.7 Å². The molecule has 0 aromatic rings. The lowest BCUT2D eigenvalue weighted by atomic mass is 9.66. The van der Waals surface area contributed by atoms with E-state index in [4.69, 9.17) is 4.74 Å². The van der Waals surface area contributed by atoms with Crippen molar-refractivity contribution >= 4 is 41.4 Å². The molecule has 1 saturated carbocycles. The van der Waals surface area contributed by atoms with Gasteiger partial charge in [0.05, 0.1) is 12.1 Å². The first-order valence-corrected chi connectivity index (χ1v) is 20.1. The summed E-state index contributed by atoms with van der Waals surface area (Å²) in [5, 5.41) is 11.7. The van der Waals surface area contributed by atoms with Crippen LogP contribution < -0.4 is 21.3 Å². The molecule has 1 aliphatic carbocycles. The second-order valence-electron chi connectivity index (χ2n) is 18.3. The Balaban J connectivity index is 2.22. The van der Waals surface area contributed by atoms with E-state index in [-0.39, 0.29) is 54.7 Å². The molecule has 1 fully saturated rings. The molecule has 14 nitrogen and oxygen atoms in total. The summed E-state index contributed by atoms with van der Waals surface area (Å²) in [4.78, 5) is 94.0. The van der Waals surface area contributed by atoms with Gasteiger partial charge in [-0.15, -0.1) is 0 Å². The van der Waals surface area contributed by atoms with Crippen LogP contribution in [0.5, 0.6) is 0 Å². The van der Waals surface area contributed by atoms with E-state index in [1.54, 1.807) is 52.8 Å². The molecular formula is C42H70N6O8. The minimum Gasteiger partial charge on any atom is -0.458 e. The molecule has 56 heavy (non-hydrogen) atoms. The van der Waals surface area contributed by atoms with Crippen molar-refractivity contribution in [3.8, 4) is 0 Å². The van der Waals surface area contributed by atoms with Crippen molar-refractivity contribution < 1.29 is 38.3 Å². The van der Waals surface area contributed by atoms with E-state index in [9.17, 15) is 33.6 Å². The van der Waals surface area contributed by atoms with Gasteiger partial charge >= 0.3 is 5.97 Å². The van der Waals surface area contributed by atoms with Crippen molar-refractivity contribution in [2.45, 2.75) is 151 Å². The average molecular weight is 787 g/mol. The van der Waals surface area contributed by atoms with E-state index in [0.29, 0.717) is 5.92 Å². The summed E-state index contributed by atoms with van der Waals surface area (Å²) in [5.74, 6) is -2.92. The zero-order valence-corrected chi connectivity index (χ0v) is 36.2. The first kappa shape index (κ1) is 48.1. The predicted molar refractivity (Wildman–Crippen MR) is 216 cm³/mol. The third kappa shape index (κ3) is 13.8. The van der Waals surface area contributed by atoms with Crippen molar-refractivity contribution in [3.63, 3.8) is 0 Å². The summed E-state index contributed by atoms with van der Waals surface area (Å²) in [6, 6.07) is -3.09. The Labute approximate surface area is 334 Å². The summed E-state index contributed by atoms with van der Waals surface area (Å²) in [6.07, 6.45) is 9.41. The Hall–Kier alpha value is -4.07. The summed E-state index contributed by atoms with van der Waals surface area (Å²) in [6.45, 7) is 20.5. The first-order valence-electron chi connectivity index (χ1n) is 20.1. The summed E-state index contributed by atoms with van der Waals surface area (Å²) in [5.41, 5.74) is -1.59. The molecule has 0 aromatic heterocycles. The maximum Gasteiger partial charge on any atom is 0.329 e. The van der Waals surface area contributed by atoms with Gasteiger partial charge in [0.15, 0.2) is 0 Å². The Bertz CT molecular complexity index is 1480. The Kier molecular flexibility index (Phi) is 17.5. The third-order valence-electron chi connectivity index (χ3n) is 10.8. The van der Waals surface area contributed by atoms with E-state index in [2.05, 4.69) is 35.1 Å². The number of esters is 1. The largest absolute Gasteiger partial charge is 0.458 e. The molecule has 0 spiro atoms. The van der Waals surface area contributed by atoms with Crippen LogP contribution in [0.1, 0.15) is 121 Å². The number of carbonyl (C=O) groups excluding carboxylic acids is 7. The van der Waals surface area contributed by atoms with Crippen molar-refractivity contribution in [1.82, 2.24) is 31.1 Å². The fourth-order valence-electron chi connectivity index (χ4n) is 7.45. The lowest BCUT2D eigenvalue weighted by molar-refractivity contribution is -0.158. The Morgan fingerprint density at radius 2 is 1.48 bits per heavy atom. The second kappa shape index (κ2) is 20.4. The van der Waals surface area contributed by atoms with Crippen LogP contribution in [-0.2, 0) is 38.3 Å². The highest BCUT2D eigenvalue weighted by Crippen LogP contribution is 2.41. The lowest BCUT2D eigenvalue weighted by Gasteiger charge is -2.43. The monoisotopic (exact) mass is 787 g/mol. The number of hydrogen-bond donors (Lipinski definition) is 4. The fourth-order valence-corrected chi connectivity index (χ4v) is 7.45. The van der Waals surface area contributed by atoms with Gasteiger partial charge in [-0.25, -0.2) is 4.79 Å². The number of nitrogens with zero attached hydrogens (tertiary/aromatic N) is 2. The molecule has 4 atom stereocenters. The molecule has 14 heteroatoms. The van der Waals surface area contributed by atoms with E-state index in [1.165, 1.54) is 6.42 Å². The van der Waals surface area contributed by atoms with E-state index in [1.807, 2.05) is 34.6 Å². The SMILES string of the molecule is CN[C@H](C(=O)NC(C(=O)N(C)[C@H](/C=C(\C)C(=O)N[C@H](CCC(=O)NCCN1C(=O)C=CC1=O)C(=O)OC(C)(C)C)C(C)C)C(C)(C)C)C(C)(C)C1CCCCC1. The van der Waals surface area contributed by atoms with E-state index < -0.39 is 64.8 Å². The molecule has 0 radical (unpaired) electrons. The minimum absolute atomic E-state index is 0.00146. The van der Waals surface area contributed by atoms with Crippen molar-refractivity contribution in [3.05, 3.63) is 23.8 Å². The Morgan fingerprint density at radius 1 is 0.911 bits per heavy atom. The van der Waals surface area contributed by atoms with Gasteiger partial charge in [0, 0.05) is 44.3 Å². The highest BCUT2D eigenvalue weighted by atomic mass is 16.6. The van der Waals surface area contributed by atoms with Crippen LogP contribution in [0.25, 0.3) is 0 Å². The van der Waals surface area contributed by atoms with Crippen LogP contribution in [-0.4, -0.2) is 108 Å². The summed E-state index contributed by atoms with van der Waals surface area (Å²) in [7, 11) is 3.45. The minimum atomic E-state index is -1.17. The van der Waals surface area contributed by atoms with Gasteiger partial charge in [0.2, 0.25) is 23.6 Å². The standard InChI is InChI=1S/C42H70N6O8/c1-26(2)30(47(13)38(54)35(40(4,5)6)46-37(53)34(43-12)42(10,11)28-17-15-14-16-18-28)25-27(3)36(52)45-29(39(55)56-41(7,8)9)19-20-31(49)44-23-24-48-32(50)21-22-33(48)51/h21-22,25-26,28-30,34-35,43H,14-20,23-24H2,1-13H3,(H,44,49)(H,45,52)(H,46,53)/b27-25+/t29-,30-,34-,35?/m1/s1. The van der Waals surface area contributed by atoms with Crippen LogP contribution >= 0.6 is 0 Å². The topological polar surface area (TPSA) is 183 Å². The van der Waals surface area contributed by atoms with Crippen LogP contribution in [0.2, 0.25) is 0 Å². The van der Waals surface area contributed by atoms with Crippen LogP contribution in [0.3, 0.4) is 0 Å². The fraction of sp³-hybridized carbons (Fsp3) is 0.738.